The lowest BCUT2D eigenvalue weighted by molar-refractivity contribution is -0.142. The van der Waals surface area contributed by atoms with Crippen molar-refractivity contribution in [2.24, 2.45) is 11.8 Å². The van der Waals surface area contributed by atoms with Gasteiger partial charge in [-0.15, -0.1) is 11.8 Å². The van der Waals surface area contributed by atoms with Crippen molar-refractivity contribution in [2.45, 2.75) is 38.5 Å². The number of hydrogen-bond donors (Lipinski definition) is 2. The molecule has 0 aromatic heterocycles. The number of amides is 2. The first kappa shape index (κ1) is 18.1. The van der Waals surface area contributed by atoms with Crippen LogP contribution >= 0.6 is 11.8 Å². The van der Waals surface area contributed by atoms with Crippen molar-refractivity contribution in [3.8, 4) is 0 Å². The Balaban J connectivity index is 1.81. The van der Waals surface area contributed by atoms with E-state index in [9.17, 15) is 14.4 Å². The topological polar surface area (TPSA) is 86.7 Å². The van der Waals surface area contributed by atoms with Crippen molar-refractivity contribution in [2.75, 3.05) is 31.1 Å². The van der Waals surface area contributed by atoms with E-state index in [1.54, 1.807) is 0 Å². The molecule has 1 saturated heterocycles. The van der Waals surface area contributed by atoms with E-state index in [1.165, 1.54) is 11.8 Å². The molecule has 2 rings (SSSR count). The van der Waals surface area contributed by atoms with E-state index in [0.717, 1.165) is 51.6 Å². The van der Waals surface area contributed by atoms with Crippen LogP contribution in [0.4, 0.5) is 0 Å². The van der Waals surface area contributed by atoms with Crippen LogP contribution in [0.3, 0.4) is 0 Å². The SMILES string of the molecule is O=C(O)CSCCNC(=O)C1CCCCC1C(=O)N1CCCC1. The van der Waals surface area contributed by atoms with Gasteiger partial charge >= 0.3 is 5.97 Å². The normalized spacial score (nSPS) is 24.4. The van der Waals surface area contributed by atoms with Crippen LogP contribution in [0.25, 0.3) is 0 Å². The zero-order chi connectivity index (χ0) is 16.7. The lowest BCUT2D eigenvalue weighted by Gasteiger charge is -2.32. The summed E-state index contributed by atoms with van der Waals surface area (Å²) >= 11 is 1.29. The summed E-state index contributed by atoms with van der Waals surface area (Å²) in [4.78, 5) is 37.4. The van der Waals surface area contributed by atoms with E-state index in [1.807, 2.05) is 4.90 Å². The van der Waals surface area contributed by atoms with Crippen LogP contribution in [0, 0.1) is 11.8 Å². The fourth-order valence-electron chi connectivity index (χ4n) is 3.45. The molecule has 0 aromatic carbocycles. The van der Waals surface area contributed by atoms with Gasteiger partial charge < -0.3 is 15.3 Å². The Hall–Kier alpha value is -1.24. The fraction of sp³-hybridized carbons (Fsp3) is 0.812. The molecule has 1 aliphatic heterocycles. The molecule has 0 radical (unpaired) electrons. The molecule has 0 spiro atoms. The monoisotopic (exact) mass is 342 g/mol. The van der Waals surface area contributed by atoms with Gasteiger partial charge in [0, 0.05) is 37.2 Å². The summed E-state index contributed by atoms with van der Waals surface area (Å²) < 4.78 is 0. The Morgan fingerprint density at radius 1 is 1.04 bits per heavy atom. The minimum atomic E-state index is -0.843. The van der Waals surface area contributed by atoms with E-state index in [4.69, 9.17) is 5.11 Å². The highest BCUT2D eigenvalue weighted by molar-refractivity contribution is 7.99. The third-order valence-electron chi connectivity index (χ3n) is 4.61. The van der Waals surface area contributed by atoms with E-state index >= 15 is 0 Å². The third kappa shape index (κ3) is 5.41. The third-order valence-corrected chi connectivity index (χ3v) is 5.55. The Bertz CT molecular complexity index is 438. The van der Waals surface area contributed by atoms with Crippen molar-refractivity contribution in [3.63, 3.8) is 0 Å². The van der Waals surface area contributed by atoms with Crippen molar-refractivity contribution in [1.29, 1.82) is 0 Å². The minimum Gasteiger partial charge on any atom is -0.481 e. The second kappa shape index (κ2) is 9.15. The maximum absolute atomic E-state index is 12.6. The van der Waals surface area contributed by atoms with Crippen molar-refractivity contribution in [1.82, 2.24) is 10.2 Å². The Morgan fingerprint density at radius 2 is 1.70 bits per heavy atom. The Kier molecular flexibility index (Phi) is 7.20. The summed E-state index contributed by atoms with van der Waals surface area (Å²) in [7, 11) is 0. The first-order valence-corrected chi connectivity index (χ1v) is 9.61. The number of carbonyl (C=O) groups is 3. The van der Waals surface area contributed by atoms with Gasteiger partial charge in [0.25, 0.3) is 0 Å². The van der Waals surface area contributed by atoms with Crippen molar-refractivity contribution < 1.29 is 19.5 Å². The highest BCUT2D eigenvalue weighted by Gasteiger charge is 2.38. The smallest absolute Gasteiger partial charge is 0.313 e. The lowest BCUT2D eigenvalue weighted by Crippen LogP contribution is -2.45. The van der Waals surface area contributed by atoms with Crippen LogP contribution in [-0.4, -0.2) is 58.9 Å². The van der Waals surface area contributed by atoms with Crippen molar-refractivity contribution in [3.05, 3.63) is 0 Å². The number of rotatable bonds is 7. The van der Waals surface area contributed by atoms with Crippen LogP contribution in [-0.2, 0) is 14.4 Å². The molecule has 2 amide bonds. The average molecular weight is 342 g/mol. The molecule has 1 heterocycles. The van der Waals surface area contributed by atoms with Gasteiger partial charge in [-0.05, 0) is 25.7 Å². The summed E-state index contributed by atoms with van der Waals surface area (Å²) in [6, 6.07) is 0. The predicted molar refractivity (Wildman–Crippen MR) is 89.2 cm³/mol. The molecule has 0 bridgehead atoms. The van der Waals surface area contributed by atoms with Gasteiger partial charge in [0.2, 0.25) is 11.8 Å². The molecule has 23 heavy (non-hydrogen) atoms. The molecule has 0 aromatic rings. The molecule has 1 saturated carbocycles. The number of nitrogens with one attached hydrogen (secondary N) is 1. The standard InChI is InChI=1S/C16H26N2O4S/c19-14(20)11-23-10-7-17-15(21)12-5-1-2-6-13(12)16(22)18-8-3-4-9-18/h12-13H,1-11H2,(H,17,21)(H,19,20). The van der Waals surface area contributed by atoms with Gasteiger partial charge in [-0.3, -0.25) is 14.4 Å². The number of carboxylic acids is 1. The molecular weight excluding hydrogens is 316 g/mol. The number of hydrogen-bond acceptors (Lipinski definition) is 4. The van der Waals surface area contributed by atoms with Crippen LogP contribution in [0.5, 0.6) is 0 Å². The zero-order valence-corrected chi connectivity index (χ0v) is 14.3. The van der Waals surface area contributed by atoms with Crippen LogP contribution in [0.2, 0.25) is 0 Å². The molecular formula is C16H26N2O4S. The summed E-state index contributed by atoms with van der Waals surface area (Å²) in [6.07, 6.45) is 5.73. The number of carboxylic acid groups (broad SMARTS) is 1. The number of carbonyl (C=O) groups excluding carboxylic acids is 2. The van der Waals surface area contributed by atoms with E-state index < -0.39 is 5.97 Å². The highest BCUT2D eigenvalue weighted by atomic mass is 32.2. The summed E-state index contributed by atoms with van der Waals surface area (Å²) in [5.41, 5.74) is 0. The minimum absolute atomic E-state index is 0.0434. The molecule has 2 fully saturated rings. The first-order chi connectivity index (χ1) is 11.1. The number of aliphatic carboxylic acids is 1. The van der Waals surface area contributed by atoms with Gasteiger partial charge in [0.1, 0.15) is 0 Å². The molecule has 6 nitrogen and oxygen atoms in total. The Labute approximate surface area is 141 Å². The highest BCUT2D eigenvalue weighted by Crippen LogP contribution is 2.32. The average Bonchev–Trinajstić information content (AvgIpc) is 3.08. The van der Waals surface area contributed by atoms with Crippen molar-refractivity contribution >= 4 is 29.5 Å². The zero-order valence-electron chi connectivity index (χ0n) is 13.5. The molecule has 1 aliphatic carbocycles. The van der Waals surface area contributed by atoms with Crippen LogP contribution < -0.4 is 5.32 Å². The molecule has 2 atom stereocenters. The quantitative estimate of drug-likeness (QED) is 0.682. The molecule has 7 heteroatoms. The first-order valence-electron chi connectivity index (χ1n) is 8.45. The lowest BCUT2D eigenvalue weighted by atomic mass is 9.78. The second-order valence-electron chi connectivity index (χ2n) is 6.27. The molecule has 130 valence electrons. The number of nitrogens with zero attached hydrogens (tertiary/aromatic N) is 1. The number of thioether (sulfide) groups is 1. The van der Waals surface area contributed by atoms with Crippen LogP contribution in [0.1, 0.15) is 38.5 Å². The van der Waals surface area contributed by atoms with E-state index in [2.05, 4.69) is 5.32 Å². The van der Waals surface area contributed by atoms with Gasteiger partial charge in [-0.25, -0.2) is 0 Å². The van der Waals surface area contributed by atoms with Gasteiger partial charge in [0.05, 0.1) is 5.75 Å². The molecule has 2 aliphatic rings. The maximum atomic E-state index is 12.6. The van der Waals surface area contributed by atoms with Gasteiger partial charge in [-0.2, -0.15) is 0 Å². The number of likely N-dealkylation sites (tertiary alicyclic amines) is 1. The van der Waals surface area contributed by atoms with E-state index in [0.29, 0.717) is 12.3 Å². The summed E-state index contributed by atoms with van der Waals surface area (Å²) in [5.74, 6) is -0.495. The maximum Gasteiger partial charge on any atom is 0.313 e. The van der Waals surface area contributed by atoms with Crippen LogP contribution in [0.15, 0.2) is 0 Å². The Morgan fingerprint density at radius 3 is 2.35 bits per heavy atom. The van der Waals surface area contributed by atoms with Gasteiger partial charge in [0.15, 0.2) is 0 Å². The summed E-state index contributed by atoms with van der Waals surface area (Å²) in [6.45, 7) is 2.11. The molecule has 2 unspecified atom stereocenters. The molecule has 2 N–H and O–H groups in total. The second-order valence-corrected chi connectivity index (χ2v) is 7.37. The van der Waals surface area contributed by atoms with Gasteiger partial charge in [-0.1, -0.05) is 12.8 Å². The van der Waals surface area contributed by atoms with E-state index in [-0.39, 0.29) is 29.4 Å². The summed E-state index contributed by atoms with van der Waals surface area (Å²) in [5, 5.41) is 11.5. The fourth-order valence-corrected chi connectivity index (χ4v) is 4.01. The predicted octanol–water partition coefficient (Wildman–Crippen LogP) is 1.35. The largest absolute Gasteiger partial charge is 0.481 e.